The zero-order chi connectivity index (χ0) is 19.4. The van der Waals surface area contributed by atoms with Crippen LogP contribution in [0.1, 0.15) is 35.1 Å². The number of aromatic nitrogens is 1. The molecule has 0 spiro atoms. The minimum absolute atomic E-state index is 0. The summed E-state index contributed by atoms with van der Waals surface area (Å²) in [6.45, 7) is 6.83. The van der Waals surface area contributed by atoms with Crippen LogP contribution in [0.2, 0.25) is 0 Å². The SMILES string of the molecule is COc1ccc(-c2nc(C)c(C(=O)NCC3(C)CCNCC3)s2)cc1OC.Cl.Cl. The molecule has 1 aliphatic heterocycles. The van der Waals surface area contributed by atoms with Crippen LogP contribution in [-0.2, 0) is 0 Å². The molecule has 9 heteroatoms. The molecule has 29 heavy (non-hydrogen) atoms. The smallest absolute Gasteiger partial charge is 0.263 e. The highest BCUT2D eigenvalue weighted by Crippen LogP contribution is 2.35. The van der Waals surface area contributed by atoms with E-state index in [1.807, 2.05) is 25.1 Å². The molecule has 1 saturated heterocycles. The molecule has 1 fully saturated rings. The summed E-state index contributed by atoms with van der Waals surface area (Å²) in [5, 5.41) is 7.28. The lowest BCUT2D eigenvalue weighted by atomic mass is 9.81. The van der Waals surface area contributed by atoms with Crippen molar-refractivity contribution in [3.8, 4) is 22.1 Å². The van der Waals surface area contributed by atoms with Crippen molar-refractivity contribution in [2.75, 3.05) is 33.9 Å². The fraction of sp³-hybridized carbons (Fsp3) is 0.500. The number of nitrogens with one attached hydrogen (secondary N) is 2. The molecule has 2 heterocycles. The van der Waals surface area contributed by atoms with Crippen LogP contribution in [0.4, 0.5) is 0 Å². The molecule has 0 unspecified atom stereocenters. The van der Waals surface area contributed by atoms with Gasteiger partial charge in [0.1, 0.15) is 9.88 Å². The zero-order valence-corrected chi connectivity index (χ0v) is 19.6. The van der Waals surface area contributed by atoms with Crippen LogP contribution in [0, 0.1) is 12.3 Å². The largest absolute Gasteiger partial charge is 0.493 e. The van der Waals surface area contributed by atoms with Gasteiger partial charge >= 0.3 is 0 Å². The standard InChI is InChI=1S/C20H27N3O3S.2ClH/c1-13-17(18(24)22-12-20(2)7-9-21-10-8-20)27-19(23-13)14-5-6-15(25-3)16(11-14)26-4;;/h5-6,11,21H,7-10,12H2,1-4H3,(H,22,24);2*1H. The van der Waals surface area contributed by atoms with E-state index in [9.17, 15) is 4.79 Å². The topological polar surface area (TPSA) is 72.5 Å². The van der Waals surface area contributed by atoms with Crippen molar-refractivity contribution in [1.29, 1.82) is 0 Å². The molecule has 1 amide bonds. The fourth-order valence-corrected chi connectivity index (χ4v) is 4.26. The molecule has 0 aliphatic carbocycles. The van der Waals surface area contributed by atoms with Crippen LogP contribution in [0.15, 0.2) is 18.2 Å². The van der Waals surface area contributed by atoms with E-state index in [1.54, 1.807) is 14.2 Å². The Balaban J connectivity index is 0.00000210. The van der Waals surface area contributed by atoms with Crippen LogP contribution in [0.5, 0.6) is 11.5 Å². The number of carbonyl (C=O) groups is 1. The Hall–Kier alpha value is -1.54. The van der Waals surface area contributed by atoms with Gasteiger partial charge in [0, 0.05) is 12.1 Å². The molecule has 0 saturated carbocycles. The number of rotatable bonds is 6. The Kier molecular flexibility index (Phi) is 9.68. The molecule has 2 aromatic rings. The van der Waals surface area contributed by atoms with Crippen LogP contribution in [0.25, 0.3) is 10.6 Å². The summed E-state index contributed by atoms with van der Waals surface area (Å²) in [6, 6.07) is 5.66. The maximum Gasteiger partial charge on any atom is 0.263 e. The van der Waals surface area contributed by atoms with E-state index in [4.69, 9.17) is 9.47 Å². The molecule has 162 valence electrons. The molecule has 1 aliphatic rings. The molecule has 1 aromatic carbocycles. The number of ether oxygens (including phenoxy) is 2. The third kappa shape index (κ3) is 5.98. The normalized spacial score (nSPS) is 14.9. The van der Waals surface area contributed by atoms with E-state index < -0.39 is 0 Å². The first-order chi connectivity index (χ1) is 13.0. The van der Waals surface area contributed by atoms with Gasteiger partial charge in [0.05, 0.1) is 19.9 Å². The van der Waals surface area contributed by atoms with Gasteiger partial charge in [0.15, 0.2) is 11.5 Å². The zero-order valence-electron chi connectivity index (χ0n) is 17.2. The van der Waals surface area contributed by atoms with Gasteiger partial charge in [-0.2, -0.15) is 0 Å². The van der Waals surface area contributed by atoms with Crippen LogP contribution < -0.4 is 20.1 Å². The third-order valence-corrected chi connectivity index (χ3v) is 6.32. The summed E-state index contributed by atoms with van der Waals surface area (Å²) in [7, 11) is 3.21. The third-order valence-electron chi connectivity index (χ3n) is 5.12. The number of hydrogen-bond donors (Lipinski definition) is 2. The maximum atomic E-state index is 12.7. The van der Waals surface area contributed by atoms with Crippen molar-refractivity contribution in [3.63, 3.8) is 0 Å². The van der Waals surface area contributed by atoms with Crippen molar-refractivity contribution in [1.82, 2.24) is 15.6 Å². The van der Waals surface area contributed by atoms with E-state index in [0.29, 0.717) is 22.9 Å². The number of carbonyl (C=O) groups excluding carboxylic acids is 1. The van der Waals surface area contributed by atoms with Crippen molar-refractivity contribution in [2.24, 2.45) is 5.41 Å². The number of aryl methyl sites for hydroxylation is 1. The number of amides is 1. The van der Waals surface area contributed by atoms with Crippen molar-refractivity contribution in [3.05, 3.63) is 28.8 Å². The number of thiazole rings is 1. The van der Waals surface area contributed by atoms with E-state index in [1.165, 1.54) is 11.3 Å². The summed E-state index contributed by atoms with van der Waals surface area (Å²) < 4.78 is 10.6. The summed E-state index contributed by atoms with van der Waals surface area (Å²) in [4.78, 5) is 18.0. The maximum absolute atomic E-state index is 12.7. The van der Waals surface area contributed by atoms with Crippen molar-refractivity contribution >= 4 is 42.1 Å². The molecule has 0 atom stereocenters. The Labute approximate surface area is 188 Å². The predicted octanol–water partition coefficient (Wildman–Crippen LogP) is 4.10. The highest BCUT2D eigenvalue weighted by molar-refractivity contribution is 7.17. The average molecular weight is 462 g/mol. The Morgan fingerprint density at radius 2 is 1.86 bits per heavy atom. The minimum Gasteiger partial charge on any atom is -0.493 e. The molecular weight excluding hydrogens is 433 g/mol. The number of nitrogens with zero attached hydrogens (tertiary/aromatic N) is 1. The van der Waals surface area contributed by atoms with Crippen LogP contribution >= 0.6 is 36.2 Å². The number of piperidine rings is 1. The Morgan fingerprint density at radius 3 is 2.48 bits per heavy atom. The number of halogens is 2. The highest BCUT2D eigenvalue weighted by atomic mass is 35.5. The molecular formula is C20H29Cl2N3O3S. The summed E-state index contributed by atoms with van der Waals surface area (Å²) in [5.74, 6) is 1.27. The summed E-state index contributed by atoms with van der Waals surface area (Å²) >= 11 is 1.41. The first-order valence-corrected chi connectivity index (χ1v) is 9.96. The molecule has 0 bridgehead atoms. The highest BCUT2D eigenvalue weighted by Gasteiger charge is 2.28. The monoisotopic (exact) mass is 461 g/mol. The number of hydrogen-bond acceptors (Lipinski definition) is 6. The summed E-state index contributed by atoms with van der Waals surface area (Å²) in [5.41, 5.74) is 1.81. The second kappa shape index (κ2) is 11.0. The minimum atomic E-state index is -0.0449. The predicted molar refractivity (Wildman–Crippen MR) is 122 cm³/mol. The average Bonchev–Trinajstić information content (AvgIpc) is 3.08. The van der Waals surface area contributed by atoms with Gasteiger partial charge in [-0.1, -0.05) is 6.92 Å². The van der Waals surface area contributed by atoms with Gasteiger partial charge in [-0.15, -0.1) is 36.2 Å². The Morgan fingerprint density at radius 1 is 1.21 bits per heavy atom. The molecule has 3 rings (SSSR count). The molecule has 0 radical (unpaired) electrons. The van der Waals surface area contributed by atoms with Gasteiger partial charge in [0.2, 0.25) is 0 Å². The van der Waals surface area contributed by atoms with E-state index in [2.05, 4.69) is 22.5 Å². The number of methoxy groups -OCH3 is 2. The molecule has 1 aromatic heterocycles. The quantitative estimate of drug-likeness (QED) is 0.677. The lowest BCUT2D eigenvalue weighted by Gasteiger charge is -2.34. The molecule has 6 nitrogen and oxygen atoms in total. The van der Waals surface area contributed by atoms with Gasteiger partial charge in [0.25, 0.3) is 5.91 Å². The summed E-state index contributed by atoms with van der Waals surface area (Å²) in [6.07, 6.45) is 2.15. The van der Waals surface area contributed by atoms with E-state index in [-0.39, 0.29) is 36.1 Å². The lowest BCUT2D eigenvalue weighted by molar-refractivity contribution is 0.0925. The first kappa shape index (κ1) is 25.5. The van der Waals surface area contributed by atoms with Crippen molar-refractivity contribution in [2.45, 2.75) is 26.7 Å². The van der Waals surface area contributed by atoms with E-state index in [0.717, 1.165) is 42.2 Å². The van der Waals surface area contributed by atoms with Crippen LogP contribution in [0.3, 0.4) is 0 Å². The van der Waals surface area contributed by atoms with Gasteiger partial charge in [-0.3, -0.25) is 4.79 Å². The second-order valence-electron chi connectivity index (χ2n) is 7.25. The van der Waals surface area contributed by atoms with E-state index >= 15 is 0 Å². The molecule has 2 N–H and O–H groups in total. The van der Waals surface area contributed by atoms with Gasteiger partial charge in [-0.25, -0.2) is 4.98 Å². The van der Waals surface area contributed by atoms with Crippen LogP contribution in [-0.4, -0.2) is 44.7 Å². The Bertz CT molecular complexity index is 823. The second-order valence-corrected chi connectivity index (χ2v) is 8.25. The fourth-order valence-electron chi connectivity index (χ4n) is 3.28. The lowest BCUT2D eigenvalue weighted by Crippen LogP contribution is -2.42. The van der Waals surface area contributed by atoms with Crippen molar-refractivity contribution < 1.29 is 14.3 Å². The first-order valence-electron chi connectivity index (χ1n) is 9.14. The van der Waals surface area contributed by atoms with Gasteiger partial charge in [-0.05, 0) is 56.5 Å². The van der Waals surface area contributed by atoms with Gasteiger partial charge < -0.3 is 20.1 Å². The number of benzene rings is 1.